The topological polar surface area (TPSA) is 0 Å². The highest BCUT2D eigenvalue weighted by molar-refractivity contribution is 6.33. The van der Waals surface area contributed by atoms with Gasteiger partial charge in [-0.1, -0.05) is 26.2 Å². The molecule has 14 heavy (non-hydrogen) atoms. The molecular weight excluding hydrogens is 181 g/mol. The summed E-state index contributed by atoms with van der Waals surface area (Å²) in [6, 6.07) is 1.40. The molecule has 0 aromatic heterocycles. The lowest BCUT2D eigenvalue weighted by Gasteiger charge is -2.23. The van der Waals surface area contributed by atoms with Crippen LogP contribution in [0.15, 0.2) is 6.07 Å². The van der Waals surface area contributed by atoms with E-state index in [4.69, 9.17) is 0 Å². The maximum Gasteiger partial charge on any atom is 0.139 e. The third kappa shape index (κ3) is 1.81. The van der Waals surface area contributed by atoms with E-state index in [0.29, 0.717) is 11.0 Å². The van der Waals surface area contributed by atoms with Gasteiger partial charge in [-0.2, -0.15) is 0 Å². The molecule has 0 atom stereocenters. The molecule has 0 bridgehead atoms. The summed E-state index contributed by atoms with van der Waals surface area (Å²) in [4.78, 5) is 0. The van der Waals surface area contributed by atoms with Gasteiger partial charge in [0.1, 0.15) is 19.5 Å². The average molecular weight is 196 g/mol. The van der Waals surface area contributed by atoms with Crippen molar-refractivity contribution in [2.45, 2.75) is 33.1 Å². The minimum atomic E-state index is -0.465. The summed E-state index contributed by atoms with van der Waals surface area (Å²) in [7, 11) is 1.74. The van der Waals surface area contributed by atoms with Crippen LogP contribution in [0.5, 0.6) is 0 Å². The van der Waals surface area contributed by atoms with E-state index in [0.717, 1.165) is 0 Å². The van der Waals surface area contributed by atoms with E-state index in [2.05, 4.69) is 0 Å². The second-order valence-corrected chi connectivity index (χ2v) is 4.74. The predicted molar refractivity (Wildman–Crippen MR) is 58.0 cm³/mol. The van der Waals surface area contributed by atoms with Gasteiger partial charge in [0.05, 0.1) is 0 Å². The molecule has 0 aliphatic rings. The molecule has 0 amide bonds. The van der Waals surface area contributed by atoms with Crippen LogP contribution in [0.3, 0.4) is 0 Å². The Kier molecular flexibility index (Phi) is 2.70. The molecule has 0 unspecified atom stereocenters. The molecule has 0 saturated carbocycles. The quantitative estimate of drug-likeness (QED) is 0.555. The molecule has 76 valence electrons. The fourth-order valence-corrected chi connectivity index (χ4v) is 1.76. The van der Waals surface area contributed by atoms with Crippen molar-refractivity contribution in [3.05, 3.63) is 28.8 Å². The van der Waals surface area contributed by atoms with E-state index in [9.17, 15) is 8.78 Å². The fraction of sp³-hybridized carbons (Fsp3) is 0.455. The van der Waals surface area contributed by atoms with Crippen LogP contribution in [-0.2, 0) is 5.41 Å². The van der Waals surface area contributed by atoms with Gasteiger partial charge in [0.25, 0.3) is 0 Å². The van der Waals surface area contributed by atoms with E-state index in [-0.39, 0.29) is 11.0 Å². The summed E-state index contributed by atoms with van der Waals surface area (Å²) in [6.45, 7) is 7.25. The van der Waals surface area contributed by atoms with Crippen LogP contribution in [-0.4, -0.2) is 7.85 Å². The summed E-state index contributed by atoms with van der Waals surface area (Å²) in [5.74, 6) is -0.872. The third-order valence-electron chi connectivity index (χ3n) is 2.39. The Morgan fingerprint density at radius 2 is 1.71 bits per heavy atom. The van der Waals surface area contributed by atoms with Gasteiger partial charge in [0.15, 0.2) is 0 Å². The molecule has 0 aliphatic carbocycles. The lowest BCUT2D eigenvalue weighted by atomic mass is 9.76. The molecule has 0 radical (unpaired) electrons. The summed E-state index contributed by atoms with van der Waals surface area (Å²) in [5, 5.41) is 0. The minimum absolute atomic E-state index is 0.112. The molecular formula is C11H15BF2. The van der Waals surface area contributed by atoms with E-state index >= 15 is 0 Å². The van der Waals surface area contributed by atoms with Gasteiger partial charge in [-0.25, -0.2) is 8.78 Å². The van der Waals surface area contributed by atoms with Crippen LogP contribution >= 0.6 is 0 Å². The van der Waals surface area contributed by atoms with Crippen LogP contribution in [0.25, 0.3) is 0 Å². The molecule has 0 heterocycles. The molecule has 0 saturated heterocycles. The molecule has 1 aromatic rings. The van der Waals surface area contributed by atoms with E-state index in [1.54, 1.807) is 7.85 Å². The molecule has 0 N–H and O–H groups in total. The zero-order valence-corrected chi connectivity index (χ0v) is 9.33. The van der Waals surface area contributed by atoms with Crippen molar-refractivity contribution >= 4 is 13.3 Å². The first-order valence-electron chi connectivity index (χ1n) is 4.71. The summed E-state index contributed by atoms with van der Waals surface area (Å²) >= 11 is 0. The van der Waals surface area contributed by atoms with Crippen LogP contribution in [0.4, 0.5) is 8.78 Å². The Hall–Kier alpha value is -0.855. The Bertz CT molecular complexity index is 365. The molecule has 0 spiro atoms. The van der Waals surface area contributed by atoms with Gasteiger partial charge in [0.2, 0.25) is 0 Å². The highest BCUT2D eigenvalue weighted by atomic mass is 19.1. The van der Waals surface area contributed by atoms with Crippen molar-refractivity contribution in [1.29, 1.82) is 0 Å². The summed E-state index contributed by atoms with van der Waals surface area (Å²) in [5.41, 5.74) is 1.11. The largest absolute Gasteiger partial charge is 0.207 e. The van der Waals surface area contributed by atoms with E-state index in [1.807, 2.05) is 20.8 Å². The van der Waals surface area contributed by atoms with E-state index in [1.165, 1.54) is 13.0 Å². The predicted octanol–water partition coefficient (Wildman–Crippen LogP) is 1.83. The maximum atomic E-state index is 13.8. The van der Waals surface area contributed by atoms with Crippen LogP contribution in [0, 0.1) is 18.6 Å². The lowest BCUT2D eigenvalue weighted by Crippen LogP contribution is -2.26. The van der Waals surface area contributed by atoms with Gasteiger partial charge >= 0.3 is 0 Å². The van der Waals surface area contributed by atoms with Gasteiger partial charge in [-0.15, -0.1) is 0 Å². The standard InChI is InChI=1S/C11H15BF2/c1-6-8(13)5-7(12)9(10(6)14)11(2,3)4/h5H,12H2,1-4H3. The smallest absolute Gasteiger partial charge is 0.139 e. The van der Waals surface area contributed by atoms with Crippen LogP contribution in [0.2, 0.25) is 0 Å². The minimum Gasteiger partial charge on any atom is -0.207 e. The number of rotatable bonds is 0. The van der Waals surface area contributed by atoms with Crippen LogP contribution < -0.4 is 5.46 Å². The molecule has 3 heteroatoms. The number of hydrogen-bond acceptors (Lipinski definition) is 0. The van der Waals surface area contributed by atoms with E-state index < -0.39 is 11.6 Å². The Labute approximate surface area is 84.7 Å². The average Bonchev–Trinajstić information content (AvgIpc) is 1.97. The van der Waals surface area contributed by atoms with Gasteiger partial charge < -0.3 is 0 Å². The van der Waals surface area contributed by atoms with Gasteiger partial charge in [-0.3, -0.25) is 0 Å². The fourth-order valence-electron chi connectivity index (χ4n) is 1.76. The first-order valence-corrected chi connectivity index (χ1v) is 4.71. The lowest BCUT2D eigenvalue weighted by molar-refractivity contribution is 0.507. The third-order valence-corrected chi connectivity index (χ3v) is 2.39. The molecule has 0 nitrogen and oxygen atoms in total. The molecule has 1 aromatic carbocycles. The maximum absolute atomic E-state index is 13.8. The molecule has 0 fully saturated rings. The number of hydrogen-bond donors (Lipinski definition) is 0. The number of halogens is 2. The summed E-state index contributed by atoms with van der Waals surface area (Å²) in [6.07, 6.45) is 0. The first-order chi connectivity index (χ1) is 6.25. The highest BCUT2D eigenvalue weighted by Gasteiger charge is 2.23. The second-order valence-electron chi connectivity index (χ2n) is 4.74. The molecule has 0 aliphatic heterocycles. The van der Waals surface area contributed by atoms with Gasteiger partial charge in [0, 0.05) is 5.56 Å². The zero-order valence-electron chi connectivity index (χ0n) is 9.33. The van der Waals surface area contributed by atoms with Crippen LogP contribution in [0.1, 0.15) is 31.9 Å². The normalized spacial score (nSPS) is 11.9. The van der Waals surface area contributed by atoms with Gasteiger partial charge in [-0.05, 0) is 24.0 Å². The Morgan fingerprint density at radius 1 is 1.21 bits per heavy atom. The second kappa shape index (κ2) is 3.37. The van der Waals surface area contributed by atoms with Crippen molar-refractivity contribution in [3.63, 3.8) is 0 Å². The first kappa shape index (κ1) is 11.2. The van der Waals surface area contributed by atoms with Crippen molar-refractivity contribution in [3.8, 4) is 0 Å². The zero-order chi connectivity index (χ0) is 11.1. The Morgan fingerprint density at radius 3 is 2.14 bits per heavy atom. The SMILES string of the molecule is Bc1cc(F)c(C)c(F)c1C(C)(C)C. The van der Waals surface area contributed by atoms with Crippen molar-refractivity contribution in [2.24, 2.45) is 0 Å². The summed E-state index contributed by atoms with van der Waals surface area (Å²) < 4.78 is 26.9. The highest BCUT2D eigenvalue weighted by Crippen LogP contribution is 2.25. The molecule has 1 rings (SSSR count). The monoisotopic (exact) mass is 196 g/mol. The van der Waals surface area contributed by atoms with Crippen molar-refractivity contribution in [1.82, 2.24) is 0 Å². The Balaban J connectivity index is 3.53. The van der Waals surface area contributed by atoms with Crippen molar-refractivity contribution < 1.29 is 8.78 Å². The number of benzene rings is 1. The van der Waals surface area contributed by atoms with Crippen molar-refractivity contribution in [2.75, 3.05) is 0 Å².